The molecule has 1 amide bonds. The van der Waals surface area contributed by atoms with E-state index < -0.39 is 5.97 Å². The fourth-order valence-corrected chi connectivity index (χ4v) is 4.00. The van der Waals surface area contributed by atoms with E-state index in [0.717, 1.165) is 44.6 Å². The average molecular weight is 347 g/mol. The van der Waals surface area contributed by atoms with Crippen molar-refractivity contribution in [2.45, 2.75) is 25.7 Å². The van der Waals surface area contributed by atoms with Gasteiger partial charge in [0.2, 0.25) is 5.91 Å². The first-order chi connectivity index (χ1) is 12.0. The minimum absolute atomic E-state index is 0.0673. The Hall–Kier alpha value is -2.15. The van der Waals surface area contributed by atoms with Gasteiger partial charge in [0.25, 0.3) is 0 Å². The molecule has 0 radical (unpaired) electrons. The number of hydrogen-bond acceptors (Lipinski definition) is 5. The smallest absolute Gasteiger partial charge is 0.354 e. The molecule has 136 valence electrons. The first-order valence-electron chi connectivity index (χ1n) is 8.74. The van der Waals surface area contributed by atoms with Gasteiger partial charge in [-0.15, -0.1) is 0 Å². The van der Waals surface area contributed by atoms with Gasteiger partial charge in [-0.3, -0.25) is 4.79 Å². The third-order valence-corrected chi connectivity index (χ3v) is 5.30. The quantitative estimate of drug-likeness (QED) is 0.872. The molecule has 0 aromatic carbocycles. The van der Waals surface area contributed by atoms with Crippen molar-refractivity contribution in [3.63, 3.8) is 0 Å². The van der Waals surface area contributed by atoms with Gasteiger partial charge in [0.05, 0.1) is 6.61 Å². The predicted octanol–water partition coefficient (Wildman–Crippen LogP) is 1.64. The van der Waals surface area contributed by atoms with E-state index in [2.05, 4.69) is 9.88 Å². The van der Waals surface area contributed by atoms with Crippen LogP contribution in [0.4, 0.5) is 5.69 Å². The van der Waals surface area contributed by atoms with Crippen molar-refractivity contribution >= 4 is 17.6 Å². The Bertz CT molecular complexity index is 651. The minimum atomic E-state index is -1.01. The molecule has 3 rings (SSSR count). The Morgan fingerprint density at radius 2 is 2.24 bits per heavy atom. The minimum Gasteiger partial charge on any atom is -0.477 e. The Morgan fingerprint density at radius 3 is 3.00 bits per heavy atom. The number of methoxy groups -OCH3 is 1. The van der Waals surface area contributed by atoms with Crippen LogP contribution in [0.15, 0.2) is 18.3 Å². The molecular formula is C18H25N3O4. The summed E-state index contributed by atoms with van der Waals surface area (Å²) in [5.41, 5.74) is 1.04. The molecular weight excluding hydrogens is 322 g/mol. The van der Waals surface area contributed by atoms with Gasteiger partial charge in [-0.1, -0.05) is 0 Å². The maximum absolute atomic E-state index is 12.2. The van der Waals surface area contributed by atoms with Crippen LogP contribution in [0.5, 0.6) is 0 Å². The van der Waals surface area contributed by atoms with Gasteiger partial charge in [-0.05, 0) is 31.4 Å². The lowest BCUT2D eigenvalue weighted by atomic mass is 9.73. The zero-order valence-electron chi connectivity index (χ0n) is 14.6. The molecule has 1 N–H and O–H groups in total. The number of aromatic nitrogens is 1. The van der Waals surface area contributed by atoms with Crippen molar-refractivity contribution in [3.05, 3.63) is 24.0 Å². The van der Waals surface area contributed by atoms with Gasteiger partial charge < -0.3 is 19.6 Å². The third kappa shape index (κ3) is 3.92. The van der Waals surface area contributed by atoms with Crippen LogP contribution in [0.1, 0.15) is 36.2 Å². The summed E-state index contributed by atoms with van der Waals surface area (Å²) in [4.78, 5) is 31.4. The zero-order chi connectivity index (χ0) is 17.9. The number of nitrogens with zero attached hydrogens (tertiary/aromatic N) is 3. The predicted molar refractivity (Wildman–Crippen MR) is 92.8 cm³/mol. The summed E-state index contributed by atoms with van der Waals surface area (Å²) < 4.78 is 5.13. The lowest BCUT2D eigenvalue weighted by molar-refractivity contribution is -0.138. The van der Waals surface area contributed by atoms with Gasteiger partial charge in [0, 0.05) is 57.0 Å². The normalized spacial score (nSPS) is 24.0. The van der Waals surface area contributed by atoms with E-state index in [4.69, 9.17) is 9.84 Å². The van der Waals surface area contributed by atoms with Crippen LogP contribution in [0.3, 0.4) is 0 Å². The van der Waals surface area contributed by atoms with Gasteiger partial charge >= 0.3 is 5.97 Å². The highest BCUT2D eigenvalue weighted by molar-refractivity contribution is 5.86. The number of rotatable bonds is 5. The van der Waals surface area contributed by atoms with Crippen molar-refractivity contribution in [1.29, 1.82) is 0 Å². The van der Waals surface area contributed by atoms with Gasteiger partial charge in [0.1, 0.15) is 5.69 Å². The van der Waals surface area contributed by atoms with Crippen LogP contribution in [-0.2, 0) is 9.53 Å². The second kappa shape index (κ2) is 7.39. The highest BCUT2D eigenvalue weighted by atomic mass is 16.5. The number of anilines is 1. The number of carbonyl (C=O) groups is 2. The fourth-order valence-electron chi connectivity index (χ4n) is 4.00. The lowest BCUT2D eigenvalue weighted by Gasteiger charge is -2.49. The highest BCUT2D eigenvalue weighted by Gasteiger charge is 2.41. The third-order valence-electron chi connectivity index (χ3n) is 5.30. The monoisotopic (exact) mass is 347 g/mol. The number of carboxylic acids is 1. The van der Waals surface area contributed by atoms with Crippen molar-refractivity contribution in [2.75, 3.05) is 44.8 Å². The summed E-state index contributed by atoms with van der Waals surface area (Å²) in [6.45, 7) is 3.68. The van der Waals surface area contributed by atoms with E-state index in [1.54, 1.807) is 19.4 Å². The van der Waals surface area contributed by atoms with Gasteiger partial charge in [-0.25, -0.2) is 9.78 Å². The number of likely N-dealkylation sites (tertiary alicyclic amines) is 1. The van der Waals surface area contributed by atoms with E-state index >= 15 is 0 Å². The molecule has 0 aliphatic carbocycles. The summed E-state index contributed by atoms with van der Waals surface area (Å²) in [5, 5.41) is 9.16. The number of carbonyl (C=O) groups excluding carboxylic acids is 1. The fraction of sp³-hybridized carbons (Fsp3) is 0.611. The van der Waals surface area contributed by atoms with Gasteiger partial charge in [-0.2, -0.15) is 0 Å². The first kappa shape index (κ1) is 17.7. The molecule has 0 unspecified atom stereocenters. The SMILES string of the molecule is COCCN1C[C@@]2(CCCN(c3ccnc(C(=O)O)c3)C2)CCC1=O. The molecule has 2 fully saturated rings. The summed E-state index contributed by atoms with van der Waals surface area (Å²) in [7, 11) is 1.65. The summed E-state index contributed by atoms with van der Waals surface area (Å²) in [5.74, 6) is -0.806. The standard InChI is InChI=1S/C18H25N3O4/c1-25-10-9-21-13-18(6-3-16(21)22)5-2-8-20(12-18)14-4-7-19-15(11-14)17(23)24/h4,7,11H,2-3,5-6,8-10,12-13H2,1H3,(H,23,24)/t18-/m0/s1. The topological polar surface area (TPSA) is 83.0 Å². The van der Waals surface area contributed by atoms with Crippen molar-refractivity contribution < 1.29 is 19.4 Å². The largest absolute Gasteiger partial charge is 0.477 e. The van der Waals surface area contributed by atoms with Gasteiger partial charge in [0.15, 0.2) is 0 Å². The van der Waals surface area contributed by atoms with E-state index in [9.17, 15) is 9.59 Å². The molecule has 7 heteroatoms. The molecule has 2 aliphatic heterocycles. The number of piperidine rings is 2. The first-order valence-corrected chi connectivity index (χ1v) is 8.74. The maximum Gasteiger partial charge on any atom is 0.354 e. The van der Waals surface area contributed by atoms with Crippen LogP contribution in [0.25, 0.3) is 0 Å². The average Bonchev–Trinajstić information content (AvgIpc) is 2.63. The molecule has 2 saturated heterocycles. The summed E-state index contributed by atoms with van der Waals surface area (Å²) in [6, 6.07) is 3.50. The highest BCUT2D eigenvalue weighted by Crippen LogP contribution is 2.40. The molecule has 0 saturated carbocycles. The summed E-state index contributed by atoms with van der Waals surface area (Å²) >= 11 is 0. The molecule has 1 spiro atoms. The number of ether oxygens (including phenoxy) is 1. The lowest BCUT2D eigenvalue weighted by Crippen LogP contribution is -2.54. The van der Waals surface area contributed by atoms with Crippen LogP contribution in [0.2, 0.25) is 0 Å². The molecule has 25 heavy (non-hydrogen) atoms. The van der Waals surface area contributed by atoms with E-state index in [1.807, 2.05) is 11.0 Å². The van der Waals surface area contributed by atoms with Crippen molar-refractivity contribution in [3.8, 4) is 0 Å². The van der Waals surface area contributed by atoms with Crippen LogP contribution in [-0.4, -0.2) is 66.8 Å². The molecule has 1 atom stereocenters. The number of aromatic carboxylic acids is 1. The Morgan fingerprint density at radius 1 is 1.40 bits per heavy atom. The molecule has 1 aromatic heterocycles. The molecule has 0 bridgehead atoms. The molecule has 3 heterocycles. The Kier molecular flexibility index (Phi) is 5.22. The Balaban J connectivity index is 1.75. The molecule has 7 nitrogen and oxygen atoms in total. The number of pyridine rings is 1. The van der Waals surface area contributed by atoms with Crippen LogP contribution in [0, 0.1) is 5.41 Å². The molecule has 2 aliphatic rings. The van der Waals surface area contributed by atoms with Crippen LogP contribution >= 0.6 is 0 Å². The van der Waals surface area contributed by atoms with Crippen molar-refractivity contribution in [1.82, 2.24) is 9.88 Å². The second-order valence-corrected chi connectivity index (χ2v) is 7.04. The summed E-state index contributed by atoms with van der Waals surface area (Å²) in [6.07, 6.45) is 5.15. The van der Waals surface area contributed by atoms with E-state index in [-0.39, 0.29) is 17.0 Å². The number of amides is 1. The van der Waals surface area contributed by atoms with E-state index in [0.29, 0.717) is 19.6 Å². The molecule has 1 aromatic rings. The number of carboxylic acid groups (broad SMARTS) is 1. The Labute approximate surface area is 147 Å². The zero-order valence-corrected chi connectivity index (χ0v) is 14.6. The van der Waals surface area contributed by atoms with Crippen LogP contribution < -0.4 is 4.90 Å². The number of hydrogen-bond donors (Lipinski definition) is 1. The maximum atomic E-state index is 12.2. The van der Waals surface area contributed by atoms with Crippen molar-refractivity contribution in [2.24, 2.45) is 5.41 Å². The second-order valence-electron chi connectivity index (χ2n) is 7.04. The van der Waals surface area contributed by atoms with E-state index in [1.165, 1.54) is 0 Å².